The highest BCUT2D eigenvalue weighted by atomic mass is 32.1. The largest absolute Gasteiger partial charge is 0.458 e. The van der Waals surface area contributed by atoms with E-state index < -0.39 is 0 Å². The molecule has 2 aromatic heterocycles. The van der Waals surface area contributed by atoms with Crippen LogP contribution in [-0.4, -0.2) is 6.71 Å². The molecule has 7 heteroatoms. The molecular weight excluding hydrogens is 1000 g/mol. The molecule has 0 unspecified atom stereocenters. The molecule has 17 rings (SSSR count). The fraction of sp³-hybridized carbons (Fsp3) is 0.0833. The zero-order valence-corrected chi connectivity index (χ0v) is 45.6. The maximum Gasteiger partial charge on any atom is 0.260 e. The van der Waals surface area contributed by atoms with Crippen molar-refractivity contribution in [3.05, 3.63) is 247 Å². The lowest BCUT2D eigenvalue weighted by atomic mass is 9.34. The second kappa shape index (κ2) is 16.3. The van der Waals surface area contributed by atoms with Crippen LogP contribution < -0.4 is 35.7 Å². The molecule has 4 aliphatic rings. The molecule has 0 N–H and O–H groups in total. The van der Waals surface area contributed by atoms with Crippen LogP contribution in [0, 0.1) is 0 Å². The van der Waals surface area contributed by atoms with Crippen LogP contribution in [0.1, 0.15) is 49.9 Å². The predicted molar refractivity (Wildman–Crippen MR) is 334 cm³/mol. The Morgan fingerprint density at radius 2 is 0.709 bits per heavy atom. The minimum absolute atomic E-state index is 0.0900. The van der Waals surface area contributed by atoms with Gasteiger partial charge in [-0.1, -0.05) is 131 Å². The van der Waals surface area contributed by atoms with Gasteiger partial charge in [0.05, 0.1) is 0 Å². The van der Waals surface area contributed by atoms with E-state index in [-0.39, 0.29) is 17.5 Å². The van der Waals surface area contributed by atoms with Crippen molar-refractivity contribution in [2.24, 2.45) is 0 Å². The summed E-state index contributed by atoms with van der Waals surface area (Å²) >= 11 is 3.71. The van der Waals surface area contributed by atoms with Crippen molar-refractivity contribution in [3.63, 3.8) is 0 Å². The van der Waals surface area contributed by atoms with Gasteiger partial charge >= 0.3 is 0 Å². The number of ether oxygens (including phenoxy) is 2. The second-order valence-electron chi connectivity index (χ2n) is 22.8. The normalized spacial score (nSPS) is 14.5. The number of hydrogen-bond acceptors (Lipinski definition) is 6. The van der Waals surface area contributed by atoms with Gasteiger partial charge in [0.1, 0.15) is 23.0 Å². The maximum absolute atomic E-state index is 7.03. The van der Waals surface area contributed by atoms with E-state index in [9.17, 15) is 0 Å². The second-order valence-corrected chi connectivity index (χ2v) is 25.0. The number of anilines is 6. The van der Waals surface area contributed by atoms with Crippen molar-refractivity contribution in [1.82, 2.24) is 0 Å². The molecule has 0 radical (unpaired) electrons. The Hall–Kier alpha value is -8.88. The summed E-state index contributed by atoms with van der Waals surface area (Å²) in [7, 11) is 0. The van der Waals surface area contributed by atoms with Crippen LogP contribution in [0.25, 0.3) is 62.6 Å². The number of benzene rings is 11. The molecule has 4 heterocycles. The Kier molecular flexibility index (Phi) is 9.34. The molecule has 0 spiro atoms. The summed E-state index contributed by atoms with van der Waals surface area (Å²) in [4.78, 5) is 4.84. The molecule has 4 nitrogen and oxygen atoms in total. The van der Waals surface area contributed by atoms with Crippen molar-refractivity contribution in [1.29, 1.82) is 0 Å². The third-order valence-corrected chi connectivity index (χ3v) is 20.0. The molecular formula is C72H49BN2O2S2. The Morgan fingerprint density at radius 3 is 1.18 bits per heavy atom. The highest BCUT2D eigenvalue weighted by Crippen LogP contribution is 2.55. The first kappa shape index (κ1) is 45.2. The van der Waals surface area contributed by atoms with Crippen LogP contribution in [0.4, 0.5) is 34.1 Å². The van der Waals surface area contributed by atoms with E-state index in [4.69, 9.17) is 9.47 Å². The molecule has 0 saturated heterocycles. The van der Waals surface area contributed by atoms with E-state index >= 15 is 0 Å². The first-order valence-corrected chi connectivity index (χ1v) is 29.0. The van der Waals surface area contributed by atoms with Crippen molar-refractivity contribution in [2.45, 2.75) is 38.5 Å². The standard InChI is InChI=1S/C72H49BN2O2S2/c1-71(2)56-36-46(74(42-16-7-5-8-17-42)44-28-32-68-54(34-44)50-20-11-13-24-66(50)78-68)26-30-48(56)52-38-64-60(40-58(52)71)73-61-41-59-53(39-65(61)77-63-23-15-22-62(76-64)70(63)73)49-31-27-47(37-57(49)72(59,3)4)75(43-18-9-6-10-19-43)45-29-33-69-55(35-45)51-21-12-14-25-67(51)79-69/h5-41H,1-4H3. The summed E-state index contributed by atoms with van der Waals surface area (Å²) in [6.45, 7) is 9.50. The minimum atomic E-state index is -0.310. The Balaban J connectivity index is 0.768. The van der Waals surface area contributed by atoms with Gasteiger partial charge in [0, 0.05) is 90.8 Å². The lowest BCUT2D eigenvalue weighted by molar-refractivity contribution is 0.464. The van der Waals surface area contributed by atoms with Crippen LogP contribution in [-0.2, 0) is 10.8 Å². The van der Waals surface area contributed by atoms with Gasteiger partial charge in [0.2, 0.25) is 0 Å². The Morgan fingerprint density at radius 1 is 0.316 bits per heavy atom. The van der Waals surface area contributed by atoms with Crippen molar-refractivity contribution < 1.29 is 9.47 Å². The lowest BCUT2D eigenvalue weighted by Gasteiger charge is -2.35. The van der Waals surface area contributed by atoms with Gasteiger partial charge in [0.25, 0.3) is 6.71 Å². The zero-order valence-electron chi connectivity index (χ0n) is 44.0. The van der Waals surface area contributed by atoms with E-state index in [1.54, 1.807) is 0 Å². The van der Waals surface area contributed by atoms with Gasteiger partial charge in [-0.3, -0.25) is 0 Å². The number of hydrogen-bond donors (Lipinski definition) is 0. The van der Waals surface area contributed by atoms with Crippen LogP contribution >= 0.6 is 22.7 Å². The SMILES string of the molecule is CC1(C)c2cc(N(c3ccccc3)c3ccc4sc5ccccc5c4c3)ccc2-c2cc3c(cc21)B1c2cc4c(cc2Oc2cccc(c21)O3)-c1ccc(N(c2ccccc2)c2ccc3sc5ccccc5c3c2)cc1C4(C)C. The quantitative estimate of drug-likeness (QED) is 0.155. The molecule has 13 aromatic rings. The number of thiophene rings is 2. The van der Waals surface area contributed by atoms with Gasteiger partial charge < -0.3 is 19.3 Å². The summed E-state index contributed by atoms with van der Waals surface area (Å²) in [6.07, 6.45) is 0. The zero-order chi connectivity index (χ0) is 52.5. The minimum Gasteiger partial charge on any atom is -0.458 e. The van der Waals surface area contributed by atoms with Gasteiger partial charge in [-0.15, -0.1) is 22.7 Å². The van der Waals surface area contributed by atoms with Crippen molar-refractivity contribution in [3.8, 4) is 45.3 Å². The van der Waals surface area contributed by atoms with Gasteiger partial charge in [-0.05, 0) is 177 Å². The van der Waals surface area contributed by atoms with Crippen LogP contribution in [0.2, 0.25) is 0 Å². The topological polar surface area (TPSA) is 24.9 Å². The maximum atomic E-state index is 7.03. The van der Waals surface area contributed by atoms with Crippen molar-refractivity contribution >= 4 is 120 Å². The van der Waals surface area contributed by atoms with Crippen LogP contribution in [0.5, 0.6) is 23.0 Å². The third kappa shape index (κ3) is 6.49. The average Bonchev–Trinajstić information content (AvgIpc) is 4.34. The van der Waals surface area contributed by atoms with E-state index in [1.165, 1.54) is 95.8 Å². The molecule has 2 aliphatic carbocycles. The average molecular weight is 1050 g/mol. The highest BCUT2D eigenvalue weighted by molar-refractivity contribution is 7.26. The number of fused-ring (bicyclic) bond motifs is 16. The Bertz CT molecular complexity index is 4470. The van der Waals surface area contributed by atoms with E-state index in [1.807, 2.05) is 22.7 Å². The summed E-state index contributed by atoms with van der Waals surface area (Å²) < 4.78 is 19.3. The third-order valence-electron chi connectivity index (χ3n) is 17.7. The van der Waals surface area contributed by atoms with Gasteiger partial charge in [0.15, 0.2) is 0 Å². The lowest BCUT2D eigenvalue weighted by Crippen LogP contribution is -2.57. The fourth-order valence-electron chi connectivity index (χ4n) is 13.9. The van der Waals surface area contributed by atoms with Gasteiger partial charge in [-0.25, -0.2) is 0 Å². The molecule has 11 aromatic carbocycles. The number of para-hydroxylation sites is 2. The first-order chi connectivity index (χ1) is 38.6. The molecule has 0 bridgehead atoms. The highest BCUT2D eigenvalue weighted by Gasteiger charge is 2.46. The van der Waals surface area contributed by atoms with E-state index in [0.29, 0.717) is 0 Å². The molecule has 0 fully saturated rings. The van der Waals surface area contributed by atoms with Gasteiger partial charge in [-0.2, -0.15) is 0 Å². The molecule has 374 valence electrons. The Labute approximate surface area is 467 Å². The molecule has 0 amide bonds. The van der Waals surface area contributed by atoms with Crippen LogP contribution in [0.15, 0.2) is 224 Å². The predicted octanol–water partition coefficient (Wildman–Crippen LogP) is 18.7. The summed E-state index contributed by atoms with van der Waals surface area (Å²) in [6, 6.07) is 83.1. The molecule has 0 atom stereocenters. The van der Waals surface area contributed by atoms with Crippen molar-refractivity contribution in [2.75, 3.05) is 9.80 Å². The number of rotatable bonds is 6. The number of nitrogens with zero attached hydrogens (tertiary/aromatic N) is 2. The summed E-state index contributed by atoms with van der Waals surface area (Å²) in [5.74, 6) is 3.51. The van der Waals surface area contributed by atoms with E-state index in [0.717, 1.165) is 62.6 Å². The molecule has 0 saturated carbocycles. The van der Waals surface area contributed by atoms with E-state index in [2.05, 4.69) is 262 Å². The molecule has 2 aliphatic heterocycles. The first-order valence-electron chi connectivity index (χ1n) is 27.3. The summed E-state index contributed by atoms with van der Waals surface area (Å²) in [5.41, 5.74) is 19.8. The molecule has 79 heavy (non-hydrogen) atoms. The smallest absolute Gasteiger partial charge is 0.260 e. The van der Waals surface area contributed by atoms with Crippen LogP contribution in [0.3, 0.4) is 0 Å². The summed E-state index contributed by atoms with van der Waals surface area (Å²) in [5, 5.41) is 5.16. The fourth-order valence-corrected chi connectivity index (χ4v) is 16.1. The monoisotopic (exact) mass is 1050 g/mol.